The molecule has 4 heteroatoms. The van der Waals surface area contributed by atoms with Gasteiger partial charge in [-0.25, -0.2) is 4.39 Å². The van der Waals surface area contributed by atoms with E-state index in [1.807, 2.05) is 6.07 Å². The minimum absolute atomic E-state index is 0.175. The minimum Gasteiger partial charge on any atom is -0.462 e. The molecule has 16 heavy (non-hydrogen) atoms. The molecule has 0 saturated heterocycles. The van der Waals surface area contributed by atoms with Gasteiger partial charge in [0.1, 0.15) is 11.9 Å². The van der Waals surface area contributed by atoms with Crippen molar-refractivity contribution >= 4 is 5.97 Å². The van der Waals surface area contributed by atoms with Crippen molar-refractivity contribution in [3.8, 4) is 0 Å². The van der Waals surface area contributed by atoms with Crippen LogP contribution in [0.3, 0.4) is 0 Å². The number of benzene rings is 1. The lowest BCUT2D eigenvalue weighted by Crippen LogP contribution is -2.27. The molecule has 0 fully saturated rings. The molecule has 0 aliphatic rings. The summed E-state index contributed by atoms with van der Waals surface area (Å²) in [6, 6.07) is 6.39. The Morgan fingerprint density at radius 1 is 1.56 bits per heavy atom. The van der Waals surface area contributed by atoms with Crippen molar-refractivity contribution in [3.05, 3.63) is 35.6 Å². The second-order valence-electron chi connectivity index (χ2n) is 3.68. The number of nitrogens with one attached hydrogen (secondary N) is 1. The van der Waals surface area contributed by atoms with Crippen LogP contribution in [0.25, 0.3) is 0 Å². The predicted octanol–water partition coefficient (Wildman–Crippen LogP) is 1.87. The van der Waals surface area contributed by atoms with E-state index in [9.17, 15) is 9.18 Å². The number of rotatable bonds is 5. The van der Waals surface area contributed by atoms with Crippen LogP contribution in [0.2, 0.25) is 0 Å². The molecule has 1 aromatic carbocycles. The fraction of sp³-hybridized carbons (Fsp3) is 0.417. The van der Waals surface area contributed by atoms with E-state index in [2.05, 4.69) is 5.32 Å². The Morgan fingerprint density at radius 3 is 2.94 bits per heavy atom. The Labute approximate surface area is 94.6 Å². The normalized spacial score (nSPS) is 12.2. The summed E-state index contributed by atoms with van der Waals surface area (Å²) in [6.45, 7) is 4.29. The van der Waals surface area contributed by atoms with Gasteiger partial charge in [-0.15, -0.1) is 0 Å². The average molecular weight is 225 g/mol. The summed E-state index contributed by atoms with van der Waals surface area (Å²) in [6.07, 6.45) is -0.175. The van der Waals surface area contributed by atoms with Crippen molar-refractivity contribution < 1.29 is 13.9 Å². The van der Waals surface area contributed by atoms with Gasteiger partial charge in [0.05, 0.1) is 0 Å². The topological polar surface area (TPSA) is 38.3 Å². The third-order valence-corrected chi connectivity index (χ3v) is 2.02. The predicted molar refractivity (Wildman–Crippen MR) is 59.3 cm³/mol. The minimum atomic E-state index is -0.292. The highest BCUT2D eigenvalue weighted by Gasteiger charge is 2.04. The fourth-order valence-corrected chi connectivity index (χ4v) is 1.39. The van der Waals surface area contributed by atoms with E-state index in [-0.39, 0.29) is 17.9 Å². The maximum atomic E-state index is 12.8. The SMILES string of the molecule is CC(=O)OC(C)CNCc1cccc(F)c1. The summed E-state index contributed by atoms with van der Waals surface area (Å²) in [7, 11) is 0. The van der Waals surface area contributed by atoms with E-state index in [1.54, 1.807) is 13.0 Å². The second kappa shape index (κ2) is 6.23. The monoisotopic (exact) mass is 225 g/mol. The first kappa shape index (κ1) is 12.6. The molecule has 88 valence electrons. The maximum Gasteiger partial charge on any atom is 0.302 e. The number of carbonyl (C=O) groups is 1. The third-order valence-electron chi connectivity index (χ3n) is 2.02. The van der Waals surface area contributed by atoms with Crippen LogP contribution in [0.5, 0.6) is 0 Å². The smallest absolute Gasteiger partial charge is 0.302 e. The zero-order valence-corrected chi connectivity index (χ0v) is 9.50. The molecule has 0 bridgehead atoms. The molecule has 1 unspecified atom stereocenters. The van der Waals surface area contributed by atoms with Crippen LogP contribution in [0, 0.1) is 5.82 Å². The summed E-state index contributed by atoms with van der Waals surface area (Å²) < 4.78 is 17.8. The van der Waals surface area contributed by atoms with Gasteiger partial charge >= 0.3 is 5.97 Å². The van der Waals surface area contributed by atoms with Crippen LogP contribution in [0.4, 0.5) is 4.39 Å². The average Bonchev–Trinajstić information content (AvgIpc) is 2.16. The highest BCUT2D eigenvalue weighted by molar-refractivity contribution is 5.66. The Bertz CT molecular complexity index is 355. The standard InChI is InChI=1S/C12H16FNO2/c1-9(16-10(2)15)7-14-8-11-4-3-5-12(13)6-11/h3-6,9,14H,7-8H2,1-2H3. The molecule has 0 radical (unpaired) electrons. The van der Waals surface area contributed by atoms with Crippen molar-refractivity contribution in [2.75, 3.05) is 6.54 Å². The van der Waals surface area contributed by atoms with Crippen LogP contribution in [0.1, 0.15) is 19.4 Å². The summed E-state index contributed by atoms with van der Waals surface area (Å²) >= 11 is 0. The van der Waals surface area contributed by atoms with Gasteiger partial charge in [-0.3, -0.25) is 4.79 Å². The van der Waals surface area contributed by atoms with Gasteiger partial charge in [-0.1, -0.05) is 12.1 Å². The highest BCUT2D eigenvalue weighted by atomic mass is 19.1. The Balaban J connectivity index is 2.27. The zero-order chi connectivity index (χ0) is 12.0. The lowest BCUT2D eigenvalue weighted by molar-refractivity contribution is -0.145. The molecule has 0 heterocycles. The van der Waals surface area contributed by atoms with Gasteiger partial charge in [0, 0.05) is 20.0 Å². The molecule has 1 atom stereocenters. The van der Waals surface area contributed by atoms with Crippen LogP contribution >= 0.6 is 0 Å². The first-order valence-electron chi connectivity index (χ1n) is 5.20. The lowest BCUT2D eigenvalue weighted by atomic mass is 10.2. The summed E-state index contributed by atoms with van der Waals surface area (Å²) in [5.74, 6) is -0.535. The summed E-state index contributed by atoms with van der Waals surface area (Å²) in [5.41, 5.74) is 0.870. The van der Waals surface area contributed by atoms with E-state index in [4.69, 9.17) is 4.74 Å². The number of halogens is 1. The van der Waals surface area contributed by atoms with Crippen molar-refractivity contribution in [1.82, 2.24) is 5.32 Å². The van der Waals surface area contributed by atoms with E-state index in [0.29, 0.717) is 13.1 Å². The first-order valence-corrected chi connectivity index (χ1v) is 5.20. The Hall–Kier alpha value is -1.42. The third kappa shape index (κ3) is 4.89. The number of carbonyl (C=O) groups excluding carboxylic acids is 1. The van der Waals surface area contributed by atoms with E-state index in [0.717, 1.165) is 5.56 Å². The fourth-order valence-electron chi connectivity index (χ4n) is 1.39. The lowest BCUT2D eigenvalue weighted by Gasteiger charge is -2.12. The molecule has 1 N–H and O–H groups in total. The molecule has 0 aromatic heterocycles. The number of hydrogen-bond acceptors (Lipinski definition) is 3. The molecule has 0 aliphatic carbocycles. The van der Waals surface area contributed by atoms with E-state index >= 15 is 0 Å². The van der Waals surface area contributed by atoms with Crippen LogP contribution < -0.4 is 5.32 Å². The van der Waals surface area contributed by atoms with Crippen LogP contribution in [0.15, 0.2) is 24.3 Å². The van der Waals surface area contributed by atoms with Gasteiger partial charge in [0.25, 0.3) is 0 Å². The summed E-state index contributed by atoms with van der Waals surface area (Å²) in [5, 5.41) is 3.09. The van der Waals surface area contributed by atoms with Crippen molar-refractivity contribution in [2.45, 2.75) is 26.5 Å². The summed E-state index contributed by atoms with van der Waals surface area (Å²) in [4.78, 5) is 10.6. The van der Waals surface area contributed by atoms with Gasteiger partial charge in [0.2, 0.25) is 0 Å². The molecule has 0 spiro atoms. The van der Waals surface area contributed by atoms with Crippen molar-refractivity contribution in [3.63, 3.8) is 0 Å². The largest absolute Gasteiger partial charge is 0.462 e. The molecule has 0 saturated carbocycles. The Morgan fingerprint density at radius 2 is 2.31 bits per heavy atom. The Kier molecular flexibility index (Phi) is 4.92. The molecular formula is C12H16FNO2. The first-order chi connectivity index (χ1) is 7.58. The van der Waals surface area contributed by atoms with Gasteiger partial charge in [-0.2, -0.15) is 0 Å². The molecule has 0 amide bonds. The molecule has 1 rings (SSSR count). The highest BCUT2D eigenvalue weighted by Crippen LogP contribution is 2.02. The quantitative estimate of drug-likeness (QED) is 0.777. The number of hydrogen-bond donors (Lipinski definition) is 1. The second-order valence-corrected chi connectivity index (χ2v) is 3.68. The van der Waals surface area contributed by atoms with Crippen LogP contribution in [-0.2, 0) is 16.1 Å². The maximum absolute atomic E-state index is 12.8. The number of esters is 1. The van der Waals surface area contributed by atoms with Gasteiger partial charge in [-0.05, 0) is 24.6 Å². The molecular weight excluding hydrogens is 209 g/mol. The number of ether oxygens (including phenoxy) is 1. The van der Waals surface area contributed by atoms with Gasteiger partial charge < -0.3 is 10.1 Å². The molecule has 3 nitrogen and oxygen atoms in total. The van der Waals surface area contributed by atoms with E-state index < -0.39 is 0 Å². The van der Waals surface area contributed by atoms with E-state index in [1.165, 1.54) is 19.1 Å². The van der Waals surface area contributed by atoms with Crippen LogP contribution in [-0.4, -0.2) is 18.6 Å². The van der Waals surface area contributed by atoms with Gasteiger partial charge in [0.15, 0.2) is 0 Å². The molecule has 0 aliphatic heterocycles. The zero-order valence-electron chi connectivity index (χ0n) is 9.50. The molecule has 1 aromatic rings. The van der Waals surface area contributed by atoms with Crippen molar-refractivity contribution in [1.29, 1.82) is 0 Å². The van der Waals surface area contributed by atoms with Crippen molar-refractivity contribution in [2.24, 2.45) is 0 Å².